The monoisotopic (exact) mass is 114 g/mol. The van der Waals surface area contributed by atoms with E-state index in [0.717, 1.165) is 11.8 Å². The van der Waals surface area contributed by atoms with E-state index in [1.807, 2.05) is 0 Å². The largest absolute Gasteiger partial charge is 0.333 e. The number of hydrogen-bond donors (Lipinski definition) is 2. The normalized spacial score (nSPS) is 39.8. The van der Waals surface area contributed by atoms with E-state index >= 15 is 0 Å². The van der Waals surface area contributed by atoms with Crippen molar-refractivity contribution in [3.63, 3.8) is 0 Å². The van der Waals surface area contributed by atoms with Gasteiger partial charge in [0.1, 0.15) is 0 Å². The van der Waals surface area contributed by atoms with Gasteiger partial charge in [-0.25, -0.2) is 0 Å². The minimum atomic E-state index is 1.10. The van der Waals surface area contributed by atoms with Crippen LogP contribution in [0.5, 0.6) is 0 Å². The maximum absolute atomic E-state index is 4.50. The van der Waals surface area contributed by atoms with Gasteiger partial charge >= 0.3 is 0 Å². The van der Waals surface area contributed by atoms with Gasteiger partial charge in [-0.3, -0.25) is 0 Å². The van der Waals surface area contributed by atoms with Gasteiger partial charge in [-0.15, -0.1) is 0 Å². The summed E-state index contributed by atoms with van der Waals surface area (Å²) >= 11 is 0. The van der Waals surface area contributed by atoms with Crippen LogP contribution in [0.25, 0.3) is 0 Å². The van der Waals surface area contributed by atoms with Gasteiger partial charge in [0.15, 0.2) is 0 Å². The third kappa shape index (κ3) is 1.01. The van der Waals surface area contributed by atoms with Crippen LogP contribution in [0.2, 0.25) is 0 Å². The fourth-order valence-electron chi connectivity index (χ4n) is 1.26. The smallest absolute Gasteiger partial charge is 0.00172 e. The van der Waals surface area contributed by atoms with Crippen LogP contribution in [-0.4, -0.2) is 20.1 Å². The molecule has 2 nitrogen and oxygen atoms in total. The molecule has 2 aliphatic rings. The molecule has 2 rings (SSSR count). The second-order valence-electron chi connectivity index (χ2n) is 2.41. The molecule has 0 aromatic rings. The first-order chi connectivity index (χ1) is 3.97. The number of rotatable bonds is 0. The molecule has 1 aliphatic heterocycles. The summed E-state index contributed by atoms with van der Waals surface area (Å²) in [6.45, 7) is 2.62. The molecule has 0 spiro atoms. The molecular weight excluding hydrogens is 100 g/mol. The molecule has 3 N–H and O–H groups in total. The van der Waals surface area contributed by atoms with E-state index in [1.54, 1.807) is 0 Å². The molecule has 0 bridgehead atoms. The summed E-state index contributed by atoms with van der Waals surface area (Å²) in [7, 11) is 1.50. The van der Waals surface area contributed by atoms with Crippen LogP contribution >= 0.6 is 0 Å². The van der Waals surface area contributed by atoms with Crippen molar-refractivity contribution in [2.45, 2.75) is 6.42 Å². The van der Waals surface area contributed by atoms with Gasteiger partial charge in [0.2, 0.25) is 0 Å². The van der Waals surface area contributed by atoms with Crippen molar-refractivity contribution in [3.8, 4) is 0 Å². The van der Waals surface area contributed by atoms with Gasteiger partial charge in [0.25, 0.3) is 0 Å². The number of piperidine rings is 1. The zero-order valence-electron chi connectivity index (χ0n) is 5.35. The fourth-order valence-corrected chi connectivity index (χ4v) is 1.26. The van der Waals surface area contributed by atoms with E-state index in [-0.39, 0.29) is 0 Å². The average Bonchev–Trinajstić information content (AvgIpc) is 2.46. The van der Waals surface area contributed by atoms with Gasteiger partial charge in [0.05, 0.1) is 0 Å². The Bertz CT molecular complexity index is 64.9. The number of nitrogens with two attached hydrogens (primary N) is 1. The van der Waals surface area contributed by atoms with Crippen LogP contribution in [0.4, 0.5) is 0 Å². The molecule has 2 atom stereocenters. The first kappa shape index (κ1) is 6.05. The number of hydrogen-bond acceptors (Lipinski definition) is 2. The van der Waals surface area contributed by atoms with Crippen molar-refractivity contribution in [2.75, 3.05) is 20.1 Å². The van der Waals surface area contributed by atoms with Crippen LogP contribution in [0.1, 0.15) is 6.42 Å². The van der Waals surface area contributed by atoms with E-state index in [2.05, 4.69) is 11.1 Å². The zero-order valence-corrected chi connectivity index (χ0v) is 5.35. The highest BCUT2D eigenvalue weighted by atomic mass is 14.9. The molecule has 8 heavy (non-hydrogen) atoms. The van der Waals surface area contributed by atoms with Gasteiger partial charge in [-0.2, -0.15) is 0 Å². The predicted molar refractivity (Wildman–Crippen MR) is 34.6 cm³/mol. The Balaban J connectivity index is 0.000000147. The van der Waals surface area contributed by atoms with E-state index in [4.69, 9.17) is 0 Å². The lowest BCUT2D eigenvalue weighted by Crippen LogP contribution is -2.10. The highest BCUT2D eigenvalue weighted by molar-refractivity contribution is 4.94. The summed E-state index contributed by atoms with van der Waals surface area (Å²) in [5.41, 5.74) is 4.50. The lowest BCUT2D eigenvalue weighted by atomic mass is 10.4. The third-order valence-corrected chi connectivity index (χ3v) is 1.88. The Morgan fingerprint density at radius 2 is 1.75 bits per heavy atom. The highest BCUT2D eigenvalue weighted by Gasteiger charge is 2.40. The van der Waals surface area contributed by atoms with Crippen LogP contribution in [-0.2, 0) is 0 Å². The van der Waals surface area contributed by atoms with E-state index < -0.39 is 0 Å². The van der Waals surface area contributed by atoms with Gasteiger partial charge in [0, 0.05) is 0 Å². The topological polar surface area (TPSA) is 38.0 Å². The van der Waals surface area contributed by atoms with Gasteiger partial charge in [-0.05, 0) is 38.4 Å². The Morgan fingerprint density at radius 3 is 1.88 bits per heavy atom. The molecule has 0 aromatic carbocycles. The summed E-state index contributed by atoms with van der Waals surface area (Å²) < 4.78 is 0. The van der Waals surface area contributed by atoms with Crippen molar-refractivity contribution in [3.05, 3.63) is 0 Å². The molecule has 1 heterocycles. The second-order valence-corrected chi connectivity index (χ2v) is 2.41. The fraction of sp³-hybridized carbons (Fsp3) is 1.00. The first-order valence-corrected chi connectivity index (χ1v) is 3.25. The molecule has 0 radical (unpaired) electrons. The average molecular weight is 114 g/mol. The zero-order chi connectivity index (χ0) is 5.98. The maximum Gasteiger partial charge on any atom is -0.00172 e. The molecule has 2 heteroatoms. The van der Waals surface area contributed by atoms with Gasteiger partial charge < -0.3 is 11.1 Å². The molecule has 0 aromatic heterocycles. The first-order valence-electron chi connectivity index (χ1n) is 3.25. The molecule has 0 amide bonds. The van der Waals surface area contributed by atoms with Crippen molar-refractivity contribution in [1.29, 1.82) is 0 Å². The van der Waals surface area contributed by atoms with Crippen LogP contribution in [0, 0.1) is 11.8 Å². The predicted octanol–water partition coefficient (Wildman–Crippen LogP) is -0.199. The van der Waals surface area contributed by atoms with Crippen LogP contribution < -0.4 is 11.1 Å². The quantitative estimate of drug-likeness (QED) is 0.457. The molecular formula is C6H14N2. The number of fused-ring (bicyclic) bond motifs is 1. The third-order valence-electron chi connectivity index (χ3n) is 1.88. The van der Waals surface area contributed by atoms with Crippen LogP contribution in [0.3, 0.4) is 0 Å². The van der Waals surface area contributed by atoms with E-state index in [1.165, 1.54) is 26.6 Å². The Morgan fingerprint density at radius 1 is 1.25 bits per heavy atom. The minimum absolute atomic E-state index is 1.10. The molecule has 2 fully saturated rings. The summed E-state index contributed by atoms with van der Waals surface area (Å²) in [5, 5.41) is 3.32. The van der Waals surface area contributed by atoms with Crippen molar-refractivity contribution >= 4 is 0 Å². The summed E-state index contributed by atoms with van der Waals surface area (Å²) in [6.07, 6.45) is 1.52. The molecule has 1 aliphatic carbocycles. The second kappa shape index (κ2) is 2.46. The highest BCUT2D eigenvalue weighted by Crippen LogP contribution is 2.40. The Labute approximate surface area is 50.4 Å². The van der Waals surface area contributed by atoms with Crippen molar-refractivity contribution in [1.82, 2.24) is 5.32 Å². The number of nitrogens with one attached hydrogen (secondary N) is 1. The van der Waals surface area contributed by atoms with E-state index in [0.29, 0.717) is 0 Å². The molecule has 0 unspecified atom stereocenters. The Kier molecular flexibility index (Phi) is 1.86. The lowest BCUT2D eigenvalue weighted by Gasteiger charge is -1.87. The van der Waals surface area contributed by atoms with Crippen LogP contribution in [0.15, 0.2) is 0 Å². The maximum atomic E-state index is 4.50. The summed E-state index contributed by atoms with van der Waals surface area (Å²) in [4.78, 5) is 0. The molecule has 1 saturated carbocycles. The van der Waals surface area contributed by atoms with Gasteiger partial charge in [-0.1, -0.05) is 0 Å². The molecule has 48 valence electrons. The summed E-state index contributed by atoms with van der Waals surface area (Å²) in [5.74, 6) is 2.20. The Hall–Kier alpha value is -0.0800. The lowest BCUT2D eigenvalue weighted by molar-refractivity contribution is 0.732. The SMILES string of the molecule is C1NC[C@H]2C[C@@H]12.CN. The van der Waals surface area contributed by atoms with Crippen molar-refractivity contribution < 1.29 is 0 Å². The van der Waals surface area contributed by atoms with Crippen molar-refractivity contribution in [2.24, 2.45) is 17.6 Å². The van der Waals surface area contributed by atoms with E-state index in [9.17, 15) is 0 Å². The standard InChI is InChI=1S/C5H9N.CH5N/c1-4-2-6-3-5(1)4;1-2/h4-6H,1-3H2;2H2,1H3/t4-,5+;. The summed E-state index contributed by atoms with van der Waals surface area (Å²) in [6, 6.07) is 0. The minimum Gasteiger partial charge on any atom is -0.333 e. The molecule has 1 saturated heterocycles.